The molecule has 104 valence electrons. The Morgan fingerprint density at radius 3 is 2.72 bits per heavy atom. The average Bonchev–Trinajstić information content (AvgIpc) is 2.68. The summed E-state index contributed by atoms with van der Waals surface area (Å²) in [7, 11) is -0.985. The summed E-state index contributed by atoms with van der Waals surface area (Å²) in [4.78, 5) is 0. The first-order valence-corrected chi connectivity index (χ1v) is 8.39. The second-order valence-corrected chi connectivity index (χ2v) is 6.95. The number of hydrogen-bond acceptors (Lipinski definition) is 4. The van der Waals surface area contributed by atoms with Gasteiger partial charge in [-0.3, -0.25) is 4.68 Å². The van der Waals surface area contributed by atoms with Gasteiger partial charge in [-0.05, 0) is 31.9 Å². The highest BCUT2D eigenvalue weighted by atomic mass is 32.2. The van der Waals surface area contributed by atoms with Crippen LogP contribution in [0.2, 0.25) is 0 Å². The fraction of sp³-hybridized carbons (Fsp3) is 0.750. The van der Waals surface area contributed by atoms with Crippen LogP contribution in [0.5, 0.6) is 0 Å². The first kappa shape index (κ1) is 15.2. The van der Waals surface area contributed by atoms with Crippen molar-refractivity contribution in [3.05, 3.63) is 18.0 Å². The minimum absolute atomic E-state index is 0.146. The number of nitrogens with one attached hydrogen (secondary N) is 1. The molecule has 5 nitrogen and oxygen atoms in total. The molecule has 0 spiro atoms. The van der Waals surface area contributed by atoms with Crippen LogP contribution >= 0.6 is 0 Å². The largest absolute Gasteiger partial charge is 0.309 e. The predicted molar refractivity (Wildman–Crippen MR) is 73.2 cm³/mol. The summed E-state index contributed by atoms with van der Waals surface area (Å²) in [6, 6.07) is 2.13. The van der Waals surface area contributed by atoms with E-state index in [0.717, 1.165) is 25.1 Å². The Balaban J connectivity index is 2.56. The van der Waals surface area contributed by atoms with Crippen molar-refractivity contribution in [2.24, 2.45) is 7.05 Å². The number of sulfone groups is 1. The fourth-order valence-electron chi connectivity index (χ4n) is 1.84. The summed E-state index contributed by atoms with van der Waals surface area (Å²) in [5, 5.41) is 7.80. The molecule has 0 amide bonds. The molecule has 1 N–H and O–H groups in total. The van der Waals surface area contributed by atoms with Crippen molar-refractivity contribution in [1.29, 1.82) is 0 Å². The molecule has 0 aliphatic heterocycles. The van der Waals surface area contributed by atoms with Crippen molar-refractivity contribution in [3.8, 4) is 0 Å². The topological polar surface area (TPSA) is 64.0 Å². The molecule has 0 bridgehead atoms. The Hall–Kier alpha value is -0.880. The number of hydrogen-bond donors (Lipinski definition) is 1. The molecule has 1 rings (SSSR count). The Morgan fingerprint density at radius 2 is 2.22 bits per heavy atom. The second-order valence-electron chi connectivity index (χ2n) is 4.69. The maximum Gasteiger partial charge on any atom is 0.147 e. The Bertz CT molecular complexity index is 454. The van der Waals surface area contributed by atoms with Crippen LogP contribution in [0.3, 0.4) is 0 Å². The van der Waals surface area contributed by atoms with Gasteiger partial charge >= 0.3 is 0 Å². The number of rotatable bonds is 8. The summed E-state index contributed by atoms with van der Waals surface area (Å²) < 4.78 is 24.0. The Kier molecular flexibility index (Phi) is 5.81. The average molecular weight is 273 g/mol. The Labute approximate surface area is 109 Å². The van der Waals surface area contributed by atoms with Crippen molar-refractivity contribution in [2.75, 3.05) is 18.6 Å². The zero-order chi connectivity index (χ0) is 13.6. The molecular formula is C12H23N3O2S. The van der Waals surface area contributed by atoms with Crippen LogP contribution in [0.4, 0.5) is 0 Å². The van der Waals surface area contributed by atoms with Crippen LogP contribution in [-0.4, -0.2) is 36.8 Å². The van der Waals surface area contributed by atoms with Crippen LogP contribution in [0.25, 0.3) is 0 Å². The maximum atomic E-state index is 11.1. The van der Waals surface area contributed by atoms with Gasteiger partial charge in [-0.1, -0.05) is 6.92 Å². The van der Waals surface area contributed by atoms with Crippen molar-refractivity contribution < 1.29 is 8.42 Å². The quantitative estimate of drug-likeness (QED) is 0.775. The number of aryl methyl sites for hydroxylation is 1. The third-order valence-corrected chi connectivity index (χ3v) is 3.77. The fourth-order valence-corrected chi connectivity index (χ4v) is 2.53. The smallest absolute Gasteiger partial charge is 0.147 e. The van der Waals surface area contributed by atoms with E-state index in [9.17, 15) is 8.42 Å². The lowest BCUT2D eigenvalue weighted by molar-refractivity contribution is 0.477. The summed E-state index contributed by atoms with van der Waals surface area (Å²) >= 11 is 0. The third-order valence-electron chi connectivity index (χ3n) is 2.74. The summed E-state index contributed by atoms with van der Waals surface area (Å²) in [6.45, 7) is 3.03. The molecule has 0 saturated heterocycles. The number of nitrogens with zero attached hydrogens (tertiary/aromatic N) is 2. The molecule has 1 aromatic heterocycles. The first-order valence-electron chi connectivity index (χ1n) is 6.33. The lowest BCUT2D eigenvalue weighted by Crippen LogP contribution is -2.23. The van der Waals surface area contributed by atoms with E-state index in [0.29, 0.717) is 6.42 Å². The van der Waals surface area contributed by atoms with E-state index in [-0.39, 0.29) is 11.8 Å². The SMILES string of the molecule is CCCNC(CCCS(C)(=O)=O)c1ccn(C)n1. The van der Waals surface area contributed by atoms with E-state index in [2.05, 4.69) is 17.3 Å². The highest BCUT2D eigenvalue weighted by Crippen LogP contribution is 2.16. The molecule has 0 fully saturated rings. The van der Waals surface area contributed by atoms with Gasteiger partial charge in [0, 0.05) is 25.3 Å². The second kappa shape index (κ2) is 6.89. The van der Waals surface area contributed by atoms with Gasteiger partial charge in [0.05, 0.1) is 11.7 Å². The van der Waals surface area contributed by atoms with E-state index in [4.69, 9.17) is 0 Å². The molecule has 0 aromatic carbocycles. The van der Waals surface area contributed by atoms with Gasteiger partial charge in [0.15, 0.2) is 0 Å². The van der Waals surface area contributed by atoms with E-state index >= 15 is 0 Å². The third kappa shape index (κ3) is 5.64. The van der Waals surface area contributed by atoms with Crippen molar-refractivity contribution in [2.45, 2.75) is 32.2 Å². The number of aromatic nitrogens is 2. The van der Waals surface area contributed by atoms with E-state index < -0.39 is 9.84 Å². The first-order chi connectivity index (χ1) is 8.42. The monoisotopic (exact) mass is 273 g/mol. The minimum atomic E-state index is -2.87. The molecule has 1 aromatic rings. The zero-order valence-corrected chi connectivity index (χ0v) is 12.2. The molecule has 0 saturated carbocycles. The predicted octanol–water partition coefficient (Wildman–Crippen LogP) is 1.29. The summed E-state index contributed by atoms with van der Waals surface area (Å²) in [5.74, 6) is 0.240. The molecular weight excluding hydrogens is 250 g/mol. The van der Waals surface area contributed by atoms with Crippen molar-refractivity contribution in [1.82, 2.24) is 15.1 Å². The molecule has 0 aliphatic rings. The van der Waals surface area contributed by atoms with Crippen molar-refractivity contribution >= 4 is 9.84 Å². The van der Waals surface area contributed by atoms with Crippen LogP contribution in [-0.2, 0) is 16.9 Å². The van der Waals surface area contributed by atoms with E-state index in [1.807, 2.05) is 19.3 Å². The molecule has 0 aliphatic carbocycles. The molecule has 18 heavy (non-hydrogen) atoms. The molecule has 1 heterocycles. The summed E-state index contributed by atoms with van der Waals surface area (Å²) in [5.41, 5.74) is 0.986. The lowest BCUT2D eigenvalue weighted by Gasteiger charge is -2.16. The summed E-state index contributed by atoms with van der Waals surface area (Å²) in [6.07, 6.45) is 5.70. The van der Waals surface area contributed by atoms with Gasteiger partial charge in [-0.15, -0.1) is 0 Å². The highest BCUT2D eigenvalue weighted by Gasteiger charge is 2.14. The Morgan fingerprint density at radius 1 is 1.50 bits per heavy atom. The van der Waals surface area contributed by atoms with Crippen LogP contribution < -0.4 is 5.32 Å². The van der Waals surface area contributed by atoms with Gasteiger partial charge in [0.1, 0.15) is 9.84 Å². The maximum absolute atomic E-state index is 11.1. The molecule has 1 unspecified atom stereocenters. The van der Waals surface area contributed by atoms with Gasteiger partial charge in [0.2, 0.25) is 0 Å². The van der Waals surface area contributed by atoms with Gasteiger partial charge in [0.25, 0.3) is 0 Å². The van der Waals surface area contributed by atoms with E-state index in [1.54, 1.807) is 4.68 Å². The van der Waals surface area contributed by atoms with Gasteiger partial charge in [-0.2, -0.15) is 5.10 Å². The standard InChI is InChI=1S/C12H23N3O2S/c1-4-8-13-11(6-5-10-18(3,16)17)12-7-9-15(2)14-12/h7,9,11,13H,4-6,8,10H2,1-3H3. The molecule has 0 radical (unpaired) electrons. The van der Waals surface area contributed by atoms with Crippen LogP contribution in [0.15, 0.2) is 12.3 Å². The van der Waals surface area contributed by atoms with E-state index in [1.165, 1.54) is 6.26 Å². The zero-order valence-electron chi connectivity index (χ0n) is 11.4. The van der Waals surface area contributed by atoms with Crippen molar-refractivity contribution in [3.63, 3.8) is 0 Å². The normalized spacial score (nSPS) is 13.7. The lowest BCUT2D eigenvalue weighted by atomic mass is 10.1. The van der Waals surface area contributed by atoms with Gasteiger partial charge < -0.3 is 5.32 Å². The minimum Gasteiger partial charge on any atom is -0.309 e. The van der Waals surface area contributed by atoms with Crippen LogP contribution in [0.1, 0.15) is 37.9 Å². The van der Waals surface area contributed by atoms with Gasteiger partial charge in [-0.25, -0.2) is 8.42 Å². The molecule has 6 heteroatoms. The highest BCUT2D eigenvalue weighted by molar-refractivity contribution is 7.90. The molecule has 1 atom stereocenters. The van der Waals surface area contributed by atoms with Crippen LogP contribution in [0, 0.1) is 0 Å².